The number of benzene rings is 1. The number of allylic oxidation sites excluding steroid dienone is 2. The lowest BCUT2D eigenvalue weighted by Crippen LogP contribution is -2.07. The fourth-order valence-corrected chi connectivity index (χ4v) is 3.50. The van der Waals surface area contributed by atoms with Crippen molar-refractivity contribution >= 4 is 18.0 Å². The summed E-state index contributed by atoms with van der Waals surface area (Å²) in [5, 5.41) is 0. The molecule has 1 saturated carbocycles. The third-order valence-electron chi connectivity index (χ3n) is 4.44. The van der Waals surface area contributed by atoms with Crippen LogP contribution < -0.4 is 0 Å². The van der Waals surface area contributed by atoms with E-state index in [1.165, 1.54) is 54.6 Å². The van der Waals surface area contributed by atoms with Crippen molar-refractivity contribution < 1.29 is 0 Å². The van der Waals surface area contributed by atoms with E-state index in [0.717, 1.165) is 12.3 Å². The third-order valence-corrected chi connectivity index (χ3v) is 5.25. The molecule has 27 heavy (non-hydrogen) atoms. The molecule has 1 aromatic rings. The van der Waals surface area contributed by atoms with E-state index in [1.54, 1.807) is 7.05 Å². The lowest BCUT2D eigenvalue weighted by molar-refractivity contribution is 0.391. The second kappa shape index (κ2) is 21.3. The molecule has 0 atom stereocenters. The zero-order chi connectivity index (χ0) is 20.9. The van der Waals surface area contributed by atoms with E-state index < -0.39 is 0 Å². The predicted octanol–water partition coefficient (Wildman–Crippen LogP) is 8.17. The molecule has 2 rings (SSSR count). The van der Waals surface area contributed by atoms with Gasteiger partial charge in [0.15, 0.2) is 0 Å². The molecule has 0 saturated heterocycles. The summed E-state index contributed by atoms with van der Waals surface area (Å²) in [6.07, 6.45) is 14.7. The molecule has 0 aliphatic heterocycles. The Morgan fingerprint density at radius 1 is 1.11 bits per heavy atom. The molecule has 0 amide bonds. The summed E-state index contributed by atoms with van der Waals surface area (Å²) in [6.45, 7) is 12.3. The minimum atomic E-state index is 1.06. The standard InChI is InChI=1S/C9H12.C8H16S.C6H11N.C2H6/c1-3-9-6-4-8(2)5-7-9;1-9-7-8-5-3-2-4-6-8;1-4-6(2)5-7-3;1-2/h4-7H,3H2,1-2H3;8H,2-7H2,1H3;4-5H,1-3H3;1-2H3/b;;6-4-,7-5?;. The highest BCUT2D eigenvalue weighted by atomic mass is 32.2. The van der Waals surface area contributed by atoms with Gasteiger partial charge in [-0.1, -0.05) is 75.9 Å². The van der Waals surface area contributed by atoms with E-state index in [0.29, 0.717) is 0 Å². The fourth-order valence-electron chi connectivity index (χ4n) is 2.69. The Labute approximate surface area is 175 Å². The maximum absolute atomic E-state index is 3.81. The first kappa shape index (κ1) is 28.2. The summed E-state index contributed by atoms with van der Waals surface area (Å²) < 4.78 is 0. The Hall–Kier alpha value is -1.02. The molecule has 0 radical (unpaired) electrons. The van der Waals surface area contributed by atoms with Crippen LogP contribution >= 0.6 is 11.8 Å². The number of hydrogen-bond acceptors (Lipinski definition) is 2. The van der Waals surface area contributed by atoms with Crippen LogP contribution in [0.2, 0.25) is 0 Å². The van der Waals surface area contributed by atoms with Gasteiger partial charge in [-0.3, -0.25) is 4.99 Å². The van der Waals surface area contributed by atoms with E-state index in [9.17, 15) is 0 Å². The van der Waals surface area contributed by atoms with Crippen LogP contribution in [-0.4, -0.2) is 25.3 Å². The molecule has 0 bridgehead atoms. The van der Waals surface area contributed by atoms with Gasteiger partial charge in [0.05, 0.1) is 0 Å². The summed E-state index contributed by atoms with van der Waals surface area (Å²) in [4.78, 5) is 3.81. The van der Waals surface area contributed by atoms with Crippen LogP contribution in [0.15, 0.2) is 40.9 Å². The Bertz CT molecular complexity index is 465. The quantitative estimate of drug-likeness (QED) is 0.471. The molecule has 2 heteroatoms. The number of nitrogens with zero attached hydrogens (tertiary/aromatic N) is 1. The molecule has 0 spiro atoms. The normalized spacial score (nSPS) is 14.3. The van der Waals surface area contributed by atoms with Crippen molar-refractivity contribution in [1.29, 1.82) is 0 Å². The van der Waals surface area contributed by atoms with Crippen molar-refractivity contribution in [3.8, 4) is 0 Å². The average Bonchev–Trinajstić information content (AvgIpc) is 2.72. The number of rotatable bonds is 4. The van der Waals surface area contributed by atoms with Gasteiger partial charge in [0.1, 0.15) is 0 Å². The highest BCUT2D eigenvalue weighted by Crippen LogP contribution is 2.25. The highest BCUT2D eigenvalue weighted by molar-refractivity contribution is 7.98. The smallest absolute Gasteiger partial charge is 0.0277 e. The average molecular weight is 392 g/mol. The summed E-state index contributed by atoms with van der Waals surface area (Å²) in [5.41, 5.74) is 3.97. The largest absolute Gasteiger partial charge is 0.296 e. The summed E-state index contributed by atoms with van der Waals surface area (Å²) in [7, 11) is 1.77. The molecule has 1 fully saturated rings. The van der Waals surface area contributed by atoms with E-state index in [-0.39, 0.29) is 0 Å². The highest BCUT2D eigenvalue weighted by Gasteiger charge is 2.11. The number of hydrogen-bond donors (Lipinski definition) is 0. The van der Waals surface area contributed by atoms with Gasteiger partial charge < -0.3 is 0 Å². The van der Waals surface area contributed by atoms with Crippen LogP contribution in [0.1, 0.15) is 77.8 Å². The van der Waals surface area contributed by atoms with Gasteiger partial charge in [0.2, 0.25) is 0 Å². The number of aliphatic imine (C=N–C) groups is 1. The van der Waals surface area contributed by atoms with Crippen molar-refractivity contribution in [1.82, 2.24) is 0 Å². The summed E-state index contributed by atoms with van der Waals surface area (Å²) in [5.74, 6) is 2.47. The molecule has 1 nitrogen and oxygen atoms in total. The second-order valence-electron chi connectivity index (χ2n) is 6.72. The Kier molecular flexibility index (Phi) is 22.2. The molecular weight excluding hydrogens is 346 g/mol. The van der Waals surface area contributed by atoms with Gasteiger partial charge in [-0.05, 0) is 69.1 Å². The van der Waals surface area contributed by atoms with Crippen molar-refractivity contribution in [2.45, 2.75) is 80.1 Å². The lowest BCUT2D eigenvalue weighted by Gasteiger charge is -2.19. The topological polar surface area (TPSA) is 12.4 Å². The van der Waals surface area contributed by atoms with Crippen LogP contribution in [0.3, 0.4) is 0 Å². The lowest BCUT2D eigenvalue weighted by atomic mass is 9.91. The zero-order valence-corrected chi connectivity index (χ0v) is 20.2. The van der Waals surface area contributed by atoms with E-state index in [2.05, 4.69) is 49.4 Å². The van der Waals surface area contributed by atoms with Crippen LogP contribution in [0.25, 0.3) is 0 Å². The maximum Gasteiger partial charge on any atom is 0.0277 e. The van der Waals surface area contributed by atoms with Crippen molar-refractivity contribution in [3.05, 3.63) is 47.0 Å². The number of thioether (sulfide) groups is 1. The second-order valence-corrected chi connectivity index (χ2v) is 7.63. The van der Waals surface area contributed by atoms with Crippen molar-refractivity contribution in [2.24, 2.45) is 10.9 Å². The van der Waals surface area contributed by atoms with Gasteiger partial charge in [0, 0.05) is 13.3 Å². The SMILES string of the molecule is C/C=C(/C)C=NC.CC.CCc1ccc(C)cc1.CSCC1CCCCC1. The molecule has 156 valence electrons. The van der Waals surface area contributed by atoms with Crippen LogP contribution in [-0.2, 0) is 6.42 Å². The van der Waals surface area contributed by atoms with Crippen LogP contribution in [0.4, 0.5) is 0 Å². The molecule has 0 aromatic heterocycles. The minimum Gasteiger partial charge on any atom is -0.296 e. The van der Waals surface area contributed by atoms with Gasteiger partial charge in [0.25, 0.3) is 0 Å². The number of aryl methyl sites for hydroxylation is 2. The van der Waals surface area contributed by atoms with Crippen LogP contribution in [0, 0.1) is 12.8 Å². The van der Waals surface area contributed by atoms with Crippen LogP contribution in [0.5, 0.6) is 0 Å². The maximum atomic E-state index is 3.81. The monoisotopic (exact) mass is 391 g/mol. The fraction of sp³-hybridized carbons (Fsp3) is 0.640. The Balaban J connectivity index is 0. The minimum absolute atomic E-state index is 1.06. The Morgan fingerprint density at radius 3 is 2.04 bits per heavy atom. The molecule has 0 heterocycles. The zero-order valence-electron chi connectivity index (χ0n) is 19.3. The first-order chi connectivity index (χ1) is 13.1. The predicted molar refractivity (Wildman–Crippen MR) is 131 cm³/mol. The summed E-state index contributed by atoms with van der Waals surface area (Å²) >= 11 is 2.01. The molecule has 0 unspecified atom stereocenters. The van der Waals surface area contributed by atoms with Gasteiger partial charge in [-0.15, -0.1) is 0 Å². The van der Waals surface area contributed by atoms with E-state index in [1.807, 2.05) is 51.7 Å². The molecular formula is C25H45NS. The van der Waals surface area contributed by atoms with E-state index >= 15 is 0 Å². The van der Waals surface area contributed by atoms with Gasteiger partial charge in [-0.2, -0.15) is 11.8 Å². The molecule has 1 aliphatic rings. The van der Waals surface area contributed by atoms with Gasteiger partial charge in [-0.25, -0.2) is 0 Å². The first-order valence-corrected chi connectivity index (χ1v) is 12.1. The van der Waals surface area contributed by atoms with Gasteiger partial charge >= 0.3 is 0 Å². The molecule has 1 aromatic carbocycles. The van der Waals surface area contributed by atoms with Crippen molar-refractivity contribution in [2.75, 3.05) is 19.1 Å². The molecule has 0 N–H and O–H groups in total. The Morgan fingerprint density at radius 2 is 1.67 bits per heavy atom. The molecule has 1 aliphatic carbocycles. The first-order valence-electron chi connectivity index (χ1n) is 10.7. The summed E-state index contributed by atoms with van der Waals surface area (Å²) in [6, 6.07) is 8.66. The third kappa shape index (κ3) is 18.1. The van der Waals surface area contributed by atoms with E-state index in [4.69, 9.17) is 0 Å². The van der Waals surface area contributed by atoms with Crippen molar-refractivity contribution in [3.63, 3.8) is 0 Å².